The van der Waals surface area contributed by atoms with Gasteiger partial charge in [-0.25, -0.2) is 9.97 Å². The average Bonchev–Trinajstić information content (AvgIpc) is 2.92. The molecule has 0 saturated carbocycles. The summed E-state index contributed by atoms with van der Waals surface area (Å²) >= 11 is 0. The van der Waals surface area contributed by atoms with Crippen LogP contribution in [0.2, 0.25) is 0 Å². The first kappa shape index (κ1) is 25.9. The molecule has 0 amide bonds. The lowest BCUT2D eigenvalue weighted by Gasteiger charge is -2.41. The first-order valence-electron chi connectivity index (χ1n) is 13.0. The van der Waals surface area contributed by atoms with Gasteiger partial charge < -0.3 is 29.2 Å². The van der Waals surface area contributed by atoms with Crippen molar-refractivity contribution in [3.63, 3.8) is 0 Å². The molecule has 2 aliphatic heterocycles. The van der Waals surface area contributed by atoms with Crippen molar-refractivity contribution < 1.29 is 18.9 Å². The van der Waals surface area contributed by atoms with Crippen molar-refractivity contribution in [2.75, 3.05) is 56.8 Å². The van der Waals surface area contributed by atoms with E-state index in [9.17, 15) is 5.26 Å². The molecule has 0 radical (unpaired) electrons. The molecule has 1 N–H and O–H groups in total. The van der Waals surface area contributed by atoms with Crippen molar-refractivity contribution in [1.29, 1.82) is 5.26 Å². The van der Waals surface area contributed by atoms with Crippen molar-refractivity contribution in [2.45, 2.75) is 32.0 Å². The predicted molar refractivity (Wildman–Crippen MR) is 145 cm³/mol. The standard InChI is InChI=1S/C29H33N5O4/c1-20-3-5-23(16-27(20)34-18-25(19-34)37-14-13-35-2)32-29-31-10-7-26(33-29)21-4-6-28(22(15-21)17-30)38-24-8-11-36-12-9-24/h3-7,10,15-16,24-25H,8-9,11-14,18-19H2,1-2H3,(H,31,32,33). The van der Waals surface area contributed by atoms with Crippen LogP contribution in [0.15, 0.2) is 48.7 Å². The summed E-state index contributed by atoms with van der Waals surface area (Å²) in [7, 11) is 1.68. The highest BCUT2D eigenvalue weighted by molar-refractivity contribution is 5.68. The Kier molecular flexibility index (Phi) is 8.34. The molecule has 0 atom stereocenters. The number of ether oxygens (including phenoxy) is 4. The van der Waals surface area contributed by atoms with E-state index < -0.39 is 0 Å². The van der Waals surface area contributed by atoms with Gasteiger partial charge in [-0.05, 0) is 48.9 Å². The molecular weight excluding hydrogens is 482 g/mol. The molecule has 5 rings (SSSR count). The maximum absolute atomic E-state index is 9.74. The quantitative estimate of drug-likeness (QED) is 0.392. The third-order valence-corrected chi connectivity index (χ3v) is 6.81. The monoisotopic (exact) mass is 515 g/mol. The Morgan fingerprint density at radius 3 is 2.71 bits per heavy atom. The smallest absolute Gasteiger partial charge is 0.227 e. The number of nitrogens with one attached hydrogen (secondary N) is 1. The minimum absolute atomic E-state index is 0.0706. The zero-order chi connectivity index (χ0) is 26.3. The van der Waals surface area contributed by atoms with Crippen LogP contribution in [0.25, 0.3) is 11.3 Å². The molecule has 1 aromatic heterocycles. The largest absolute Gasteiger partial charge is 0.489 e. The number of rotatable bonds is 10. The van der Waals surface area contributed by atoms with Gasteiger partial charge in [0.25, 0.3) is 0 Å². The molecule has 2 aromatic carbocycles. The predicted octanol–water partition coefficient (Wildman–Crippen LogP) is 4.48. The summed E-state index contributed by atoms with van der Waals surface area (Å²) in [6.07, 6.45) is 3.67. The minimum Gasteiger partial charge on any atom is -0.489 e. The van der Waals surface area contributed by atoms with Gasteiger partial charge in [-0.3, -0.25) is 0 Å². The third-order valence-electron chi connectivity index (χ3n) is 6.81. The fourth-order valence-electron chi connectivity index (χ4n) is 4.63. The zero-order valence-corrected chi connectivity index (χ0v) is 21.9. The lowest BCUT2D eigenvalue weighted by molar-refractivity contribution is 0.00397. The Labute approximate surface area is 223 Å². The normalized spacial score (nSPS) is 16.1. The lowest BCUT2D eigenvalue weighted by atomic mass is 10.1. The summed E-state index contributed by atoms with van der Waals surface area (Å²) in [5.74, 6) is 1.09. The molecule has 0 bridgehead atoms. The Balaban J connectivity index is 1.26. The molecule has 198 valence electrons. The van der Waals surface area contributed by atoms with Crippen LogP contribution in [0.3, 0.4) is 0 Å². The summed E-state index contributed by atoms with van der Waals surface area (Å²) in [4.78, 5) is 11.4. The van der Waals surface area contributed by atoms with Crippen LogP contribution >= 0.6 is 0 Å². The summed E-state index contributed by atoms with van der Waals surface area (Å²) in [5.41, 5.74) is 5.32. The van der Waals surface area contributed by atoms with E-state index >= 15 is 0 Å². The van der Waals surface area contributed by atoms with Gasteiger partial charge in [0, 0.05) is 56.2 Å². The van der Waals surface area contributed by atoms with Crippen molar-refractivity contribution in [3.8, 4) is 23.1 Å². The topological polar surface area (TPSA) is 102 Å². The van der Waals surface area contributed by atoms with Gasteiger partial charge in [-0.15, -0.1) is 0 Å². The number of aryl methyl sites for hydroxylation is 1. The average molecular weight is 516 g/mol. The second kappa shape index (κ2) is 12.2. The van der Waals surface area contributed by atoms with Crippen molar-refractivity contribution in [1.82, 2.24) is 9.97 Å². The van der Waals surface area contributed by atoms with Gasteiger partial charge in [0.15, 0.2) is 0 Å². The molecule has 2 fully saturated rings. The van der Waals surface area contributed by atoms with Crippen molar-refractivity contribution >= 4 is 17.3 Å². The van der Waals surface area contributed by atoms with Crippen LogP contribution in [0, 0.1) is 18.3 Å². The number of anilines is 3. The van der Waals surface area contributed by atoms with Crippen LogP contribution < -0.4 is 15.0 Å². The van der Waals surface area contributed by atoms with E-state index in [-0.39, 0.29) is 12.2 Å². The van der Waals surface area contributed by atoms with E-state index in [1.165, 1.54) is 5.56 Å². The van der Waals surface area contributed by atoms with E-state index in [0.29, 0.717) is 43.7 Å². The number of benzene rings is 2. The Morgan fingerprint density at radius 2 is 1.92 bits per heavy atom. The summed E-state index contributed by atoms with van der Waals surface area (Å²) < 4.78 is 22.4. The fraction of sp³-hybridized carbons (Fsp3) is 0.414. The van der Waals surface area contributed by atoms with Crippen LogP contribution in [-0.4, -0.2) is 68.8 Å². The van der Waals surface area contributed by atoms with Gasteiger partial charge in [0.05, 0.1) is 43.8 Å². The summed E-state index contributed by atoms with van der Waals surface area (Å²) in [5, 5.41) is 13.1. The molecule has 38 heavy (non-hydrogen) atoms. The van der Waals surface area contributed by atoms with Crippen molar-refractivity contribution in [2.24, 2.45) is 0 Å². The van der Waals surface area contributed by atoms with Gasteiger partial charge >= 0.3 is 0 Å². The Morgan fingerprint density at radius 1 is 1.08 bits per heavy atom. The molecule has 0 aliphatic carbocycles. The molecular formula is C29H33N5O4. The van der Waals surface area contributed by atoms with E-state index in [1.54, 1.807) is 13.3 Å². The van der Waals surface area contributed by atoms with Gasteiger partial charge in [-0.1, -0.05) is 6.07 Å². The lowest BCUT2D eigenvalue weighted by Crippen LogP contribution is -2.52. The molecule has 2 saturated heterocycles. The van der Waals surface area contributed by atoms with E-state index in [1.807, 2.05) is 30.3 Å². The SMILES string of the molecule is COCCOC1CN(c2cc(Nc3nccc(-c4ccc(OC5CCOCC5)c(C#N)c4)n3)ccc2C)C1. The number of nitrogens with zero attached hydrogens (tertiary/aromatic N) is 4. The molecule has 0 unspecified atom stereocenters. The highest BCUT2D eigenvalue weighted by Gasteiger charge is 2.28. The molecule has 2 aliphatic rings. The molecule has 3 heterocycles. The highest BCUT2D eigenvalue weighted by atomic mass is 16.5. The van der Waals surface area contributed by atoms with Gasteiger partial charge in [0.2, 0.25) is 5.95 Å². The minimum atomic E-state index is 0.0706. The third kappa shape index (κ3) is 6.22. The van der Waals surface area contributed by atoms with Crippen LogP contribution in [0.4, 0.5) is 17.3 Å². The maximum atomic E-state index is 9.74. The maximum Gasteiger partial charge on any atom is 0.227 e. The number of methoxy groups -OCH3 is 1. The number of nitriles is 1. The molecule has 3 aromatic rings. The fourth-order valence-corrected chi connectivity index (χ4v) is 4.63. The van der Waals surface area contributed by atoms with E-state index in [4.69, 9.17) is 23.9 Å². The van der Waals surface area contributed by atoms with Crippen molar-refractivity contribution in [3.05, 3.63) is 59.8 Å². The number of hydrogen-bond donors (Lipinski definition) is 1. The summed E-state index contributed by atoms with van der Waals surface area (Å²) in [6, 6.07) is 15.9. The number of hydrogen-bond acceptors (Lipinski definition) is 9. The Bertz CT molecular complexity index is 1280. The van der Waals surface area contributed by atoms with E-state index in [0.717, 1.165) is 48.6 Å². The summed E-state index contributed by atoms with van der Waals surface area (Å²) in [6.45, 7) is 6.42. The molecule has 9 heteroatoms. The first-order valence-corrected chi connectivity index (χ1v) is 13.0. The van der Waals surface area contributed by atoms with Gasteiger partial charge in [-0.2, -0.15) is 5.26 Å². The van der Waals surface area contributed by atoms with Gasteiger partial charge in [0.1, 0.15) is 17.9 Å². The second-order valence-corrected chi connectivity index (χ2v) is 9.53. The molecule has 9 nitrogen and oxygen atoms in total. The highest BCUT2D eigenvalue weighted by Crippen LogP contribution is 2.31. The Hall–Kier alpha value is -3.71. The second-order valence-electron chi connectivity index (χ2n) is 9.53. The first-order chi connectivity index (χ1) is 18.6. The van der Waals surface area contributed by atoms with Crippen LogP contribution in [0.1, 0.15) is 24.0 Å². The van der Waals surface area contributed by atoms with E-state index in [2.05, 4.69) is 40.3 Å². The van der Waals surface area contributed by atoms with Crippen LogP contribution in [-0.2, 0) is 14.2 Å². The van der Waals surface area contributed by atoms with Crippen LogP contribution in [0.5, 0.6) is 5.75 Å². The number of aromatic nitrogens is 2. The molecule has 0 spiro atoms. The zero-order valence-electron chi connectivity index (χ0n) is 21.9.